The van der Waals surface area contributed by atoms with Gasteiger partial charge < -0.3 is 10.8 Å². The van der Waals surface area contributed by atoms with E-state index in [4.69, 9.17) is 10.8 Å². The fourth-order valence-electron chi connectivity index (χ4n) is 1.93. The van der Waals surface area contributed by atoms with Crippen molar-refractivity contribution in [3.05, 3.63) is 35.6 Å². The van der Waals surface area contributed by atoms with Gasteiger partial charge in [-0.2, -0.15) is 0 Å². The van der Waals surface area contributed by atoms with E-state index >= 15 is 0 Å². The Kier molecular flexibility index (Phi) is 2.23. The summed E-state index contributed by atoms with van der Waals surface area (Å²) in [7, 11) is 0. The van der Waals surface area contributed by atoms with E-state index in [1.54, 1.807) is 12.1 Å². The topological polar surface area (TPSA) is 63.3 Å². The maximum atomic E-state index is 12.7. The van der Waals surface area contributed by atoms with Crippen LogP contribution in [0.25, 0.3) is 0 Å². The first-order valence-corrected chi connectivity index (χ1v) is 4.81. The van der Waals surface area contributed by atoms with Gasteiger partial charge in [0.2, 0.25) is 0 Å². The highest BCUT2D eigenvalue weighted by molar-refractivity contribution is 5.76. The Balaban J connectivity index is 2.30. The molecule has 80 valence electrons. The molecule has 0 aliphatic heterocycles. The molecule has 0 aromatic heterocycles. The minimum Gasteiger partial charge on any atom is -0.480 e. The van der Waals surface area contributed by atoms with E-state index in [1.165, 1.54) is 12.1 Å². The molecule has 3 N–H and O–H groups in total. The number of halogens is 1. The molecule has 1 aliphatic carbocycles. The van der Waals surface area contributed by atoms with E-state index in [0.29, 0.717) is 0 Å². The second-order valence-electron chi connectivity index (χ2n) is 3.98. The summed E-state index contributed by atoms with van der Waals surface area (Å²) < 4.78 is 12.7. The van der Waals surface area contributed by atoms with Gasteiger partial charge in [0, 0.05) is 5.41 Å². The molecule has 1 saturated carbocycles. The van der Waals surface area contributed by atoms with Crippen LogP contribution < -0.4 is 5.73 Å². The number of nitrogens with two attached hydrogens (primary N) is 1. The lowest BCUT2D eigenvalue weighted by Gasteiger charge is -2.19. The molecule has 1 unspecified atom stereocenters. The second kappa shape index (κ2) is 3.31. The molecule has 1 aromatic carbocycles. The number of carboxylic acids is 1. The van der Waals surface area contributed by atoms with Crippen molar-refractivity contribution in [2.24, 2.45) is 5.73 Å². The van der Waals surface area contributed by atoms with Gasteiger partial charge >= 0.3 is 5.97 Å². The van der Waals surface area contributed by atoms with Crippen molar-refractivity contribution in [1.82, 2.24) is 0 Å². The highest BCUT2D eigenvalue weighted by Crippen LogP contribution is 2.50. The van der Waals surface area contributed by atoms with Crippen LogP contribution in [-0.2, 0) is 10.2 Å². The molecular weight excluding hydrogens is 197 g/mol. The zero-order valence-corrected chi connectivity index (χ0v) is 8.11. The van der Waals surface area contributed by atoms with Crippen molar-refractivity contribution in [2.45, 2.75) is 24.3 Å². The smallest absolute Gasteiger partial charge is 0.321 e. The van der Waals surface area contributed by atoms with Crippen molar-refractivity contribution in [3.63, 3.8) is 0 Å². The van der Waals surface area contributed by atoms with Crippen molar-refractivity contribution in [1.29, 1.82) is 0 Å². The Morgan fingerprint density at radius 2 is 1.93 bits per heavy atom. The van der Waals surface area contributed by atoms with Crippen LogP contribution in [0.4, 0.5) is 4.39 Å². The number of carboxylic acid groups (broad SMARTS) is 1. The first-order chi connectivity index (χ1) is 7.06. The fraction of sp³-hybridized carbons (Fsp3) is 0.364. The number of benzene rings is 1. The maximum Gasteiger partial charge on any atom is 0.321 e. The predicted octanol–water partition coefficient (Wildman–Crippen LogP) is 1.27. The molecule has 4 heteroatoms. The minimum atomic E-state index is -1.00. The average Bonchev–Trinajstić information content (AvgIpc) is 2.99. The summed E-state index contributed by atoms with van der Waals surface area (Å²) in [6.07, 6.45) is 1.51. The van der Waals surface area contributed by atoms with E-state index in [1.807, 2.05) is 0 Å². The lowest BCUT2D eigenvalue weighted by molar-refractivity contribution is -0.139. The molecule has 15 heavy (non-hydrogen) atoms. The van der Waals surface area contributed by atoms with Crippen LogP contribution in [0, 0.1) is 5.82 Å². The van der Waals surface area contributed by atoms with Crippen LogP contribution >= 0.6 is 0 Å². The van der Waals surface area contributed by atoms with Gasteiger partial charge in [-0.15, -0.1) is 0 Å². The van der Waals surface area contributed by atoms with Crippen LogP contribution in [0.3, 0.4) is 0 Å². The summed E-state index contributed by atoms with van der Waals surface area (Å²) in [6.45, 7) is 0. The van der Waals surface area contributed by atoms with Crippen molar-refractivity contribution < 1.29 is 14.3 Å². The number of aliphatic carboxylic acids is 1. The summed E-state index contributed by atoms with van der Waals surface area (Å²) >= 11 is 0. The molecule has 0 radical (unpaired) electrons. The number of carbonyl (C=O) groups is 1. The number of hydrogen-bond acceptors (Lipinski definition) is 2. The standard InChI is InChI=1S/C11H12FNO2/c12-8-3-1-7(2-4-8)11(5-6-11)9(13)10(14)15/h1-4,9H,5-6,13H2,(H,14,15). The Morgan fingerprint density at radius 1 is 1.40 bits per heavy atom. The van der Waals surface area contributed by atoms with Gasteiger partial charge in [0.15, 0.2) is 0 Å². The van der Waals surface area contributed by atoms with E-state index in [9.17, 15) is 9.18 Å². The van der Waals surface area contributed by atoms with E-state index in [2.05, 4.69) is 0 Å². The summed E-state index contributed by atoms with van der Waals surface area (Å²) in [5.41, 5.74) is 5.98. The fourth-order valence-corrected chi connectivity index (χ4v) is 1.93. The molecule has 3 nitrogen and oxygen atoms in total. The lowest BCUT2D eigenvalue weighted by Crippen LogP contribution is -2.41. The molecule has 0 bridgehead atoms. The summed E-state index contributed by atoms with van der Waals surface area (Å²) in [5.74, 6) is -1.32. The molecule has 0 saturated heterocycles. The van der Waals surface area contributed by atoms with Crippen LogP contribution in [0.5, 0.6) is 0 Å². The third-order valence-corrected chi connectivity index (χ3v) is 3.07. The van der Waals surface area contributed by atoms with Crippen LogP contribution in [0.15, 0.2) is 24.3 Å². The molecule has 1 aromatic rings. The van der Waals surface area contributed by atoms with Gasteiger partial charge in [0.05, 0.1) is 0 Å². The summed E-state index contributed by atoms with van der Waals surface area (Å²) in [6, 6.07) is 5.01. The van der Waals surface area contributed by atoms with Gasteiger partial charge in [0.1, 0.15) is 11.9 Å². The molecule has 1 fully saturated rings. The zero-order valence-electron chi connectivity index (χ0n) is 8.11. The molecule has 2 rings (SSSR count). The Morgan fingerprint density at radius 3 is 2.33 bits per heavy atom. The van der Waals surface area contributed by atoms with Crippen LogP contribution in [-0.4, -0.2) is 17.1 Å². The van der Waals surface area contributed by atoms with E-state index in [0.717, 1.165) is 18.4 Å². The Hall–Kier alpha value is -1.42. The van der Waals surface area contributed by atoms with E-state index in [-0.39, 0.29) is 5.82 Å². The Labute approximate surface area is 86.7 Å². The van der Waals surface area contributed by atoms with Crippen molar-refractivity contribution in [2.75, 3.05) is 0 Å². The van der Waals surface area contributed by atoms with Crippen molar-refractivity contribution in [3.8, 4) is 0 Å². The molecule has 0 heterocycles. The predicted molar refractivity (Wildman–Crippen MR) is 52.9 cm³/mol. The van der Waals surface area contributed by atoms with Crippen molar-refractivity contribution >= 4 is 5.97 Å². The van der Waals surface area contributed by atoms with Gasteiger partial charge in [-0.25, -0.2) is 4.39 Å². The quantitative estimate of drug-likeness (QED) is 0.788. The maximum absolute atomic E-state index is 12.7. The third kappa shape index (κ3) is 1.61. The highest BCUT2D eigenvalue weighted by Gasteiger charge is 2.52. The Bertz CT molecular complexity index is 384. The largest absolute Gasteiger partial charge is 0.480 e. The number of hydrogen-bond donors (Lipinski definition) is 2. The normalized spacial score (nSPS) is 19.6. The van der Waals surface area contributed by atoms with Gasteiger partial charge in [-0.1, -0.05) is 12.1 Å². The molecule has 1 aliphatic rings. The first-order valence-electron chi connectivity index (χ1n) is 4.81. The van der Waals surface area contributed by atoms with Gasteiger partial charge in [0.25, 0.3) is 0 Å². The zero-order chi connectivity index (χ0) is 11.1. The average molecular weight is 209 g/mol. The summed E-state index contributed by atoms with van der Waals surface area (Å²) in [4.78, 5) is 10.8. The SMILES string of the molecule is NC(C(=O)O)C1(c2ccc(F)cc2)CC1. The number of rotatable bonds is 3. The van der Waals surface area contributed by atoms with E-state index < -0.39 is 17.4 Å². The minimum absolute atomic E-state index is 0.321. The molecule has 1 atom stereocenters. The summed E-state index contributed by atoms with van der Waals surface area (Å²) in [5, 5.41) is 8.87. The second-order valence-corrected chi connectivity index (χ2v) is 3.98. The first kappa shape index (κ1) is 10.1. The lowest BCUT2D eigenvalue weighted by atomic mass is 9.88. The van der Waals surface area contributed by atoms with Crippen LogP contribution in [0.2, 0.25) is 0 Å². The third-order valence-electron chi connectivity index (χ3n) is 3.07. The molecule has 0 spiro atoms. The van der Waals surface area contributed by atoms with Crippen LogP contribution in [0.1, 0.15) is 18.4 Å². The molecule has 0 amide bonds. The van der Waals surface area contributed by atoms with Gasteiger partial charge in [-0.05, 0) is 30.5 Å². The molecular formula is C11H12FNO2. The van der Waals surface area contributed by atoms with Gasteiger partial charge in [-0.3, -0.25) is 4.79 Å². The highest BCUT2D eigenvalue weighted by atomic mass is 19.1. The monoisotopic (exact) mass is 209 g/mol.